The molecule has 1 aromatic carbocycles. The molecule has 1 aliphatic rings. The minimum atomic E-state index is -0.186. The van der Waals surface area contributed by atoms with Crippen LogP contribution in [0.5, 0.6) is 0 Å². The van der Waals surface area contributed by atoms with Gasteiger partial charge < -0.3 is 15.0 Å². The third kappa shape index (κ3) is 4.46. The Morgan fingerprint density at radius 2 is 1.90 bits per heavy atom. The number of benzene rings is 1. The molecular weight excluding hydrogens is 264 g/mol. The van der Waals surface area contributed by atoms with E-state index in [1.165, 1.54) is 0 Å². The van der Waals surface area contributed by atoms with Crippen LogP contribution in [0.4, 0.5) is 4.79 Å². The van der Waals surface area contributed by atoms with Crippen LogP contribution in [-0.4, -0.2) is 36.7 Å². The lowest BCUT2D eigenvalue weighted by atomic mass is 9.90. The normalized spacial score (nSPS) is 21.8. The molecule has 1 amide bonds. The number of nitrogens with one attached hydrogen (secondary N) is 1. The minimum absolute atomic E-state index is 0.186. The van der Waals surface area contributed by atoms with E-state index in [0.29, 0.717) is 25.2 Å². The van der Waals surface area contributed by atoms with E-state index in [-0.39, 0.29) is 6.09 Å². The maximum absolute atomic E-state index is 12.3. The number of hydrogen-bond donors (Lipinski definition) is 1. The van der Waals surface area contributed by atoms with Gasteiger partial charge in [0.05, 0.1) is 0 Å². The highest BCUT2D eigenvalue weighted by Crippen LogP contribution is 2.23. The van der Waals surface area contributed by atoms with Crippen LogP contribution in [-0.2, 0) is 11.3 Å². The second kappa shape index (κ2) is 8.03. The van der Waals surface area contributed by atoms with Crippen molar-refractivity contribution in [2.24, 2.45) is 0 Å². The van der Waals surface area contributed by atoms with E-state index in [4.69, 9.17) is 4.74 Å². The molecule has 0 heterocycles. The summed E-state index contributed by atoms with van der Waals surface area (Å²) in [4.78, 5) is 14.2. The lowest BCUT2D eigenvalue weighted by Crippen LogP contribution is -2.44. The number of carbonyl (C=O) groups is 1. The van der Waals surface area contributed by atoms with E-state index in [2.05, 4.69) is 5.32 Å². The van der Waals surface area contributed by atoms with Gasteiger partial charge in [-0.05, 0) is 45.2 Å². The van der Waals surface area contributed by atoms with Gasteiger partial charge in [-0.25, -0.2) is 4.79 Å². The van der Waals surface area contributed by atoms with Crippen LogP contribution in [0.3, 0.4) is 0 Å². The number of carbonyl (C=O) groups excluding carboxylic acids is 1. The molecule has 1 saturated carbocycles. The zero-order chi connectivity index (χ0) is 15.1. The van der Waals surface area contributed by atoms with Crippen molar-refractivity contribution >= 4 is 6.09 Å². The summed E-state index contributed by atoms with van der Waals surface area (Å²) in [6, 6.07) is 10.7. The number of amides is 1. The second-order valence-corrected chi connectivity index (χ2v) is 5.62. The summed E-state index contributed by atoms with van der Waals surface area (Å²) in [6.45, 7) is 3.08. The van der Waals surface area contributed by atoms with Crippen LogP contribution in [0.2, 0.25) is 0 Å². The molecule has 1 aromatic rings. The highest BCUT2D eigenvalue weighted by atomic mass is 16.6. The van der Waals surface area contributed by atoms with Crippen molar-refractivity contribution in [1.82, 2.24) is 10.2 Å². The van der Waals surface area contributed by atoms with Crippen LogP contribution in [0.25, 0.3) is 0 Å². The van der Waals surface area contributed by atoms with Gasteiger partial charge in [-0.15, -0.1) is 0 Å². The highest BCUT2D eigenvalue weighted by molar-refractivity contribution is 5.68. The Balaban J connectivity index is 1.84. The Bertz CT molecular complexity index is 428. The van der Waals surface area contributed by atoms with E-state index in [0.717, 1.165) is 31.2 Å². The highest BCUT2D eigenvalue weighted by Gasteiger charge is 2.28. The minimum Gasteiger partial charge on any atom is -0.445 e. The van der Waals surface area contributed by atoms with Gasteiger partial charge >= 0.3 is 6.09 Å². The number of hydrogen-bond acceptors (Lipinski definition) is 3. The molecule has 1 fully saturated rings. The summed E-state index contributed by atoms with van der Waals surface area (Å²) in [5, 5.41) is 3.32. The predicted octanol–water partition coefficient (Wildman–Crippen LogP) is 3.18. The molecule has 0 aromatic heterocycles. The lowest BCUT2D eigenvalue weighted by Gasteiger charge is -2.35. The van der Waals surface area contributed by atoms with Crippen LogP contribution in [0.15, 0.2) is 30.3 Å². The Morgan fingerprint density at radius 1 is 1.24 bits per heavy atom. The van der Waals surface area contributed by atoms with Gasteiger partial charge in [0.2, 0.25) is 0 Å². The molecule has 21 heavy (non-hydrogen) atoms. The van der Waals surface area contributed by atoms with Crippen molar-refractivity contribution in [3.05, 3.63) is 35.9 Å². The molecule has 0 radical (unpaired) electrons. The average Bonchev–Trinajstić information content (AvgIpc) is 2.55. The lowest BCUT2D eigenvalue weighted by molar-refractivity contribution is 0.0720. The second-order valence-electron chi connectivity index (χ2n) is 5.62. The summed E-state index contributed by atoms with van der Waals surface area (Å²) in [5.41, 5.74) is 1.03. The van der Waals surface area contributed by atoms with Crippen LogP contribution >= 0.6 is 0 Å². The van der Waals surface area contributed by atoms with Gasteiger partial charge in [-0.1, -0.05) is 30.3 Å². The Morgan fingerprint density at radius 3 is 2.48 bits per heavy atom. The molecule has 2 rings (SSSR count). The fraction of sp³-hybridized carbons (Fsp3) is 0.588. The maximum atomic E-state index is 12.3. The van der Waals surface area contributed by atoms with Crippen molar-refractivity contribution in [2.45, 2.75) is 51.3 Å². The summed E-state index contributed by atoms with van der Waals surface area (Å²) in [5.74, 6) is 0. The first-order valence-corrected chi connectivity index (χ1v) is 7.89. The van der Waals surface area contributed by atoms with Crippen LogP contribution in [0.1, 0.15) is 38.2 Å². The van der Waals surface area contributed by atoms with Crippen molar-refractivity contribution in [3.63, 3.8) is 0 Å². The largest absolute Gasteiger partial charge is 0.445 e. The van der Waals surface area contributed by atoms with E-state index in [1.807, 2.05) is 49.2 Å². The summed E-state index contributed by atoms with van der Waals surface area (Å²) in [6.07, 6.45) is 4.18. The molecule has 0 spiro atoms. The smallest absolute Gasteiger partial charge is 0.410 e. The van der Waals surface area contributed by atoms with Gasteiger partial charge in [-0.2, -0.15) is 0 Å². The van der Waals surface area contributed by atoms with Crippen molar-refractivity contribution in [3.8, 4) is 0 Å². The van der Waals surface area contributed by atoms with E-state index in [1.54, 1.807) is 0 Å². The zero-order valence-corrected chi connectivity index (χ0v) is 13.0. The van der Waals surface area contributed by atoms with Gasteiger partial charge in [0, 0.05) is 18.6 Å². The summed E-state index contributed by atoms with van der Waals surface area (Å²) >= 11 is 0. The number of nitrogens with zero attached hydrogens (tertiary/aromatic N) is 1. The first-order chi connectivity index (χ1) is 10.2. The van der Waals surface area contributed by atoms with E-state index < -0.39 is 0 Å². The number of ether oxygens (including phenoxy) is 1. The molecule has 4 heteroatoms. The molecule has 0 bridgehead atoms. The zero-order valence-electron chi connectivity index (χ0n) is 13.0. The Labute approximate surface area is 127 Å². The Kier molecular flexibility index (Phi) is 6.05. The fourth-order valence-electron chi connectivity index (χ4n) is 3.01. The monoisotopic (exact) mass is 290 g/mol. The fourth-order valence-corrected chi connectivity index (χ4v) is 3.01. The van der Waals surface area contributed by atoms with Crippen LogP contribution in [0, 0.1) is 0 Å². The number of rotatable bonds is 5. The molecule has 4 nitrogen and oxygen atoms in total. The third-order valence-corrected chi connectivity index (χ3v) is 4.33. The quantitative estimate of drug-likeness (QED) is 0.905. The Hall–Kier alpha value is -1.55. The molecule has 0 saturated heterocycles. The topological polar surface area (TPSA) is 41.6 Å². The standard InChI is InChI=1S/C17H26N2O2/c1-3-19(16-11-9-15(18-2)10-12-16)17(20)21-13-14-7-5-4-6-8-14/h4-8,15-16,18H,3,9-13H2,1-2H3. The predicted molar refractivity (Wildman–Crippen MR) is 84.1 cm³/mol. The van der Waals surface area contributed by atoms with Crippen molar-refractivity contribution in [2.75, 3.05) is 13.6 Å². The SMILES string of the molecule is CCN(C(=O)OCc1ccccc1)C1CCC(NC)CC1. The molecule has 116 valence electrons. The van der Waals surface area contributed by atoms with Gasteiger partial charge in [0.1, 0.15) is 6.61 Å². The van der Waals surface area contributed by atoms with Gasteiger partial charge in [-0.3, -0.25) is 0 Å². The van der Waals surface area contributed by atoms with Gasteiger partial charge in [0.25, 0.3) is 0 Å². The van der Waals surface area contributed by atoms with E-state index in [9.17, 15) is 4.79 Å². The first kappa shape index (κ1) is 15.8. The molecule has 0 unspecified atom stereocenters. The maximum Gasteiger partial charge on any atom is 0.410 e. The van der Waals surface area contributed by atoms with Crippen molar-refractivity contribution in [1.29, 1.82) is 0 Å². The van der Waals surface area contributed by atoms with Crippen molar-refractivity contribution < 1.29 is 9.53 Å². The molecule has 0 aliphatic heterocycles. The molecule has 1 aliphatic carbocycles. The average molecular weight is 290 g/mol. The van der Waals surface area contributed by atoms with Gasteiger partial charge in [0.15, 0.2) is 0 Å². The van der Waals surface area contributed by atoms with E-state index >= 15 is 0 Å². The molecule has 1 N–H and O–H groups in total. The third-order valence-electron chi connectivity index (χ3n) is 4.33. The molecule has 0 atom stereocenters. The molecular formula is C17H26N2O2. The summed E-state index contributed by atoms with van der Waals surface area (Å²) in [7, 11) is 2.01. The summed E-state index contributed by atoms with van der Waals surface area (Å²) < 4.78 is 5.46. The van der Waals surface area contributed by atoms with Crippen LogP contribution < -0.4 is 5.32 Å². The first-order valence-electron chi connectivity index (χ1n) is 7.89.